The molecule has 0 aliphatic carbocycles. The van der Waals surface area contributed by atoms with E-state index in [1.807, 2.05) is 72.1 Å². The van der Waals surface area contributed by atoms with Crippen LogP contribution in [0.5, 0.6) is 5.75 Å². The summed E-state index contributed by atoms with van der Waals surface area (Å²) in [5, 5.41) is 13.3. The Balaban J connectivity index is 1.26. The maximum Gasteiger partial charge on any atom is 0.262 e. The fourth-order valence-corrected chi connectivity index (χ4v) is 5.77. The second-order valence-electron chi connectivity index (χ2n) is 8.54. The van der Waals surface area contributed by atoms with Crippen LogP contribution in [0.1, 0.15) is 22.9 Å². The Kier molecular flexibility index (Phi) is 6.52. The highest BCUT2D eigenvalue weighted by atomic mass is 32.2. The van der Waals surface area contributed by atoms with E-state index in [1.165, 1.54) is 18.0 Å². The first-order valence-electron chi connectivity index (χ1n) is 11.8. The number of thioether (sulfide) groups is 1. The molecule has 190 valence electrons. The molecule has 1 N–H and O–H groups in total. The van der Waals surface area contributed by atoms with Gasteiger partial charge < -0.3 is 9.72 Å². The molecule has 1 aliphatic rings. The van der Waals surface area contributed by atoms with Crippen LogP contribution in [-0.4, -0.2) is 49.2 Å². The van der Waals surface area contributed by atoms with Crippen LogP contribution in [0.3, 0.4) is 0 Å². The normalized spacial score (nSPS) is 15.1. The minimum atomic E-state index is -0.303. The van der Waals surface area contributed by atoms with Gasteiger partial charge in [-0.25, -0.2) is 14.7 Å². The van der Waals surface area contributed by atoms with Crippen molar-refractivity contribution in [2.75, 3.05) is 12.9 Å². The summed E-state index contributed by atoms with van der Waals surface area (Å²) < 4.78 is 6.91. The number of amides is 1. The van der Waals surface area contributed by atoms with E-state index < -0.39 is 0 Å². The number of methoxy groups -OCH3 is 1. The number of nitrogens with zero attached hydrogens (tertiary/aromatic N) is 5. The van der Waals surface area contributed by atoms with Gasteiger partial charge in [-0.15, -0.1) is 11.3 Å². The average Bonchev–Trinajstić information content (AvgIpc) is 3.72. The third-order valence-electron chi connectivity index (χ3n) is 6.22. The van der Waals surface area contributed by atoms with Crippen molar-refractivity contribution in [1.82, 2.24) is 24.8 Å². The highest BCUT2D eigenvalue weighted by molar-refractivity contribution is 7.99. The molecule has 2 aromatic carbocycles. The first-order valence-corrected chi connectivity index (χ1v) is 13.7. The largest absolute Gasteiger partial charge is 0.497 e. The van der Waals surface area contributed by atoms with Crippen molar-refractivity contribution in [3.05, 3.63) is 99.1 Å². The molecule has 0 radical (unpaired) electrons. The molecule has 1 aliphatic heterocycles. The van der Waals surface area contributed by atoms with Gasteiger partial charge in [-0.1, -0.05) is 48.2 Å². The van der Waals surface area contributed by atoms with Crippen molar-refractivity contribution in [2.45, 2.75) is 17.6 Å². The van der Waals surface area contributed by atoms with Crippen LogP contribution in [0, 0.1) is 0 Å². The molecule has 1 atom stereocenters. The zero-order chi connectivity index (χ0) is 26.1. The lowest BCUT2D eigenvalue weighted by molar-refractivity contribution is -0.130. The Morgan fingerprint density at radius 1 is 1.13 bits per heavy atom. The summed E-state index contributed by atoms with van der Waals surface area (Å²) in [7, 11) is 1.62. The van der Waals surface area contributed by atoms with Crippen LogP contribution in [-0.2, 0) is 4.79 Å². The zero-order valence-corrected chi connectivity index (χ0v) is 21.9. The second kappa shape index (κ2) is 10.3. The number of H-pyrrole nitrogens is 1. The molecule has 38 heavy (non-hydrogen) atoms. The number of hydrazone groups is 1. The summed E-state index contributed by atoms with van der Waals surface area (Å²) in [6.45, 7) is 0. The maximum atomic E-state index is 13.5. The minimum Gasteiger partial charge on any atom is -0.497 e. The molecule has 0 unspecified atom stereocenters. The second-order valence-corrected chi connectivity index (χ2v) is 10.5. The molecule has 4 heterocycles. The molecule has 1 amide bonds. The predicted molar refractivity (Wildman–Crippen MR) is 148 cm³/mol. The Morgan fingerprint density at radius 3 is 2.68 bits per heavy atom. The van der Waals surface area contributed by atoms with E-state index in [-0.39, 0.29) is 23.3 Å². The Morgan fingerprint density at radius 2 is 1.95 bits per heavy atom. The van der Waals surface area contributed by atoms with Crippen molar-refractivity contribution in [2.24, 2.45) is 5.10 Å². The summed E-state index contributed by atoms with van der Waals surface area (Å²) in [6.07, 6.45) is 2.11. The summed E-state index contributed by atoms with van der Waals surface area (Å²) >= 11 is 2.77. The molecule has 0 saturated heterocycles. The van der Waals surface area contributed by atoms with Gasteiger partial charge in [-0.2, -0.15) is 10.2 Å². The third-order valence-corrected chi connectivity index (χ3v) is 8.00. The lowest BCUT2D eigenvalue weighted by Gasteiger charge is -2.22. The average molecular weight is 543 g/mol. The van der Waals surface area contributed by atoms with Gasteiger partial charge in [0.2, 0.25) is 0 Å². The monoisotopic (exact) mass is 542 g/mol. The Bertz CT molecular complexity index is 1680. The third kappa shape index (κ3) is 4.61. The van der Waals surface area contributed by atoms with Gasteiger partial charge in [0.1, 0.15) is 11.1 Å². The van der Waals surface area contributed by atoms with E-state index >= 15 is 0 Å². The summed E-state index contributed by atoms with van der Waals surface area (Å²) in [4.78, 5) is 34.6. The lowest BCUT2D eigenvalue weighted by atomic mass is 10.0. The van der Waals surface area contributed by atoms with Crippen LogP contribution in [0.25, 0.3) is 16.7 Å². The number of carbonyl (C=O) groups is 1. The topological polar surface area (TPSA) is 105 Å². The van der Waals surface area contributed by atoms with Gasteiger partial charge in [-0.05, 0) is 41.3 Å². The van der Waals surface area contributed by atoms with E-state index in [0.717, 1.165) is 27.6 Å². The smallest absolute Gasteiger partial charge is 0.262 e. The highest BCUT2D eigenvalue weighted by Crippen LogP contribution is 2.35. The number of thiophene rings is 1. The maximum absolute atomic E-state index is 13.5. The predicted octanol–water partition coefficient (Wildman–Crippen LogP) is 4.65. The lowest BCUT2D eigenvalue weighted by Crippen LogP contribution is -2.28. The van der Waals surface area contributed by atoms with Gasteiger partial charge in [-0.3, -0.25) is 9.59 Å². The molecule has 0 fully saturated rings. The molecule has 0 bridgehead atoms. The molecule has 11 heteroatoms. The van der Waals surface area contributed by atoms with Gasteiger partial charge in [0, 0.05) is 6.42 Å². The van der Waals surface area contributed by atoms with Crippen LogP contribution >= 0.6 is 23.1 Å². The number of para-hydroxylation sites is 1. The van der Waals surface area contributed by atoms with Gasteiger partial charge in [0.15, 0.2) is 10.8 Å². The highest BCUT2D eigenvalue weighted by Gasteiger charge is 2.33. The van der Waals surface area contributed by atoms with Crippen LogP contribution in [0.15, 0.2) is 93.4 Å². The van der Waals surface area contributed by atoms with Crippen molar-refractivity contribution >= 4 is 45.8 Å². The summed E-state index contributed by atoms with van der Waals surface area (Å²) in [5.41, 5.74) is 2.77. The fourth-order valence-electron chi connectivity index (χ4n) is 4.34. The molecule has 6 rings (SSSR count). The number of carbonyl (C=O) groups excluding carboxylic acids is 1. The first kappa shape index (κ1) is 24.1. The molecule has 5 aromatic rings. The van der Waals surface area contributed by atoms with E-state index in [9.17, 15) is 9.59 Å². The number of hydrogen-bond acceptors (Lipinski definition) is 8. The van der Waals surface area contributed by atoms with E-state index in [2.05, 4.69) is 15.1 Å². The molecule has 0 spiro atoms. The van der Waals surface area contributed by atoms with Crippen LogP contribution in [0.2, 0.25) is 0 Å². The Hall–Kier alpha value is -4.22. The number of aromatic amines is 1. The number of benzene rings is 2. The van der Waals surface area contributed by atoms with Crippen molar-refractivity contribution < 1.29 is 9.53 Å². The van der Waals surface area contributed by atoms with E-state index in [1.54, 1.807) is 28.1 Å². The van der Waals surface area contributed by atoms with Crippen LogP contribution < -0.4 is 10.3 Å². The summed E-state index contributed by atoms with van der Waals surface area (Å²) in [6, 6.07) is 20.9. The number of fused-ring (bicyclic) bond motifs is 1. The molecule has 0 saturated carbocycles. The van der Waals surface area contributed by atoms with Crippen molar-refractivity contribution in [1.29, 1.82) is 0 Å². The number of aromatic nitrogens is 4. The van der Waals surface area contributed by atoms with Gasteiger partial charge in [0.25, 0.3) is 11.5 Å². The van der Waals surface area contributed by atoms with Gasteiger partial charge >= 0.3 is 0 Å². The zero-order valence-electron chi connectivity index (χ0n) is 20.3. The van der Waals surface area contributed by atoms with E-state index in [0.29, 0.717) is 22.6 Å². The minimum absolute atomic E-state index is 0.0573. The fraction of sp³-hybridized carbons (Fsp3) is 0.148. The quantitative estimate of drug-likeness (QED) is 0.237. The molecule has 9 nitrogen and oxygen atoms in total. The number of hydrogen-bond donors (Lipinski definition) is 1. The number of rotatable bonds is 7. The van der Waals surface area contributed by atoms with Crippen molar-refractivity contribution in [3.63, 3.8) is 0 Å². The standard InChI is InChI=1S/C27H22N6O3S2/c1-36-19-11-9-17(10-12-19)22-14-21(23-8-5-13-37-23)31-33(22)24(34)16-38-27-29-25-20(26(35)30-27)15-28-32(25)18-6-3-2-4-7-18/h2-13,15,22H,14,16H2,1H3,(H,29,30,35)/t22-/m1/s1. The van der Waals surface area contributed by atoms with Crippen molar-refractivity contribution in [3.8, 4) is 11.4 Å². The molecule has 3 aromatic heterocycles. The SMILES string of the molecule is COc1ccc([C@H]2CC(c3cccs3)=NN2C(=O)CSc2nc3c(cnn3-c3ccccc3)c(=O)[nH]2)cc1. The first-order chi connectivity index (χ1) is 18.6. The van der Waals surface area contributed by atoms with Gasteiger partial charge in [0.05, 0.1) is 41.4 Å². The summed E-state index contributed by atoms with van der Waals surface area (Å²) in [5.74, 6) is 0.628. The molecular formula is C27H22N6O3S2. The number of ether oxygens (including phenoxy) is 1. The van der Waals surface area contributed by atoms with E-state index in [4.69, 9.17) is 9.84 Å². The number of nitrogens with one attached hydrogen (secondary N) is 1. The molecular weight excluding hydrogens is 520 g/mol. The van der Waals surface area contributed by atoms with Crippen LogP contribution in [0.4, 0.5) is 0 Å². The Labute approximate surface area is 225 Å².